The maximum Gasteiger partial charge on any atom is 0.332 e. The first kappa shape index (κ1) is 10.3. The fourth-order valence-corrected chi connectivity index (χ4v) is 1.62. The fraction of sp³-hybridized carbons (Fsp3) is 0.700. The minimum atomic E-state index is -0.753. The highest BCUT2D eigenvalue weighted by atomic mass is 16.4. The van der Waals surface area contributed by atoms with E-state index < -0.39 is 5.97 Å². The van der Waals surface area contributed by atoms with E-state index in [2.05, 4.69) is 12.2 Å². The molecule has 0 saturated heterocycles. The quantitative estimate of drug-likeness (QED) is 0.636. The summed E-state index contributed by atoms with van der Waals surface area (Å²) in [5, 5.41) is 11.9. The average molecular weight is 183 g/mol. The van der Waals surface area contributed by atoms with Gasteiger partial charge in [0.15, 0.2) is 0 Å². The van der Waals surface area contributed by atoms with Gasteiger partial charge in [0.1, 0.15) is 0 Å². The number of carbonyl (C=O) groups is 1. The van der Waals surface area contributed by atoms with E-state index in [9.17, 15) is 4.79 Å². The molecule has 0 aromatic rings. The zero-order valence-corrected chi connectivity index (χ0v) is 8.10. The Morgan fingerprint density at radius 2 is 2.23 bits per heavy atom. The van der Waals surface area contributed by atoms with Gasteiger partial charge in [-0.3, -0.25) is 0 Å². The van der Waals surface area contributed by atoms with E-state index in [4.69, 9.17) is 5.11 Å². The lowest BCUT2D eigenvalue weighted by atomic mass is 10.0. The van der Waals surface area contributed by atoms with Crippen LogP contribution in [0.4, 0.5) is 0 Å². The van der Waals surface area contributed by atoms with Crippen LogP contribution < -0.4 is 5.32 Å². The molecular weight excluding hydrogens is 166 g/mol. The van der Waals surface area contributed by atoms with Crippen molar-refractivity contribution in [3.05, 3.63) is 11.1 Å². The molecule has 1 heterocycles. The lowest BCUT2D eigenvalue weighted by Crippen LogP contribution is -2.11. The molecule has 0 fully saturated rings. The van der Waals surface area contributed by atoms with E-state index in [1.54, 1.807) is 0 Å². The Bertz CT molecular complexity index is 221. The van der Waals surface area contributed by atoms with Crippen molar-refractivity contribution in [3.8, 4) is 0 Å². The van der Waals surface area contributed by atoms with Crippen LogP contribution in [0.3, 0.4) is 0 Å². The number of aliphatic carboxylic acids is 1. The molecular formula is C10H17NO2. The summed E-state index contributed by atoms with van der Waals surface area (Å²) in [7, 11) is 0. The molecule has 0 bridgehead atoms. The molecule has 1 rings (SSSR count). The van der Waals surface area contributed by atoms with Crippen LogP contribution in [-0.4, -0.2) is 24.2 Å². The Morgan fingerprint density at radius 1 is 1.46 bits per heavy atom. The highest BCUT2D eigenvalue weighted by molar-refractivity contribution is 5.88. The van der Waals surface area contributed by atoms with Gasteiger partial charge in [-0.25, -0.2) is 4.79 Å². The van der Waals surface area contributed by atoms with Gasteiger partial charge in [0.2, 0.25) is 0 Å². The first-order valence-electron chi connectivity index (χ1n) is 4.90. The van der Waals surface area contributed by atoms with Gasteiger partial charge in [-0.2, -0.15) is 0 Å². The highest BCUT2D eigenvalue weighted by Crippen LogP contribution is 2.16. The average Bonchev–Trinajstić information content (AvgIpc) is 2.53. The normalized spacial score (nSPS) is 16.7. The summed E-state index contributed by atoms with van der Waals surface area (Å²) >= 11 is 0. The van der Waals surface area contributed by atoms with Crippen molar-refractivity contribution in [2.24, 2.45) is 0 Å². The molecule has 2 N–H and O–H groups in total. The summed E-state index contributed by atoms with van der Waals surface area (Å²) < 4.78 is 0. The Kier molecular flexibility index (Phi) is 3.96. The summed E-state index contributed by atoms with van der Waals surface area (Å²) in [5.74, 6) is -0.753. The molecule has 3 nitrogen and oxygen atoms in total. The molecule has 74 valence electrons. The molecule has 0 amide bonds. The standard InChI is InChI=1S/C10H17NO2/c1-2-3-4-5-8-6-11-7-9(8)10(12)13/h11H,2-7H2,1H3,(H,12,13). The molecule has 1 aliphatic rings. The van der Waals surface area contributed by atoms with E-state index in [-0.39, 0.29) is 0 Å². The van der Waals surface area contributed by atoms with Crippen molar-refractivity contribution in [1.82, 2.24) is 5.32 Å². The van der Waals surface area contributed by atoms with Crippen molar-refractivity contribution >= 4 is 5.97 Å². The summed E-state index contributed by atoms with van der Waals surface area (Å²) in [6.07, 6.45) is 4.44. The van der Waals surface area contributed by atoms with E-state index in [1.165, 1.54) is 12.8 Å². The second kappa shape index (κ2) is 5.02. The Morgan fingerprint density at radius 3 is 2.85 bits per heavy atom. The van der Waals surface area contributed by atoms with Gasteiger partial charge >= 0.3 is 5.97 Å². The Balaban J connectivity index is 2.45. The molecule has 0 radical (unpaired) electrons. The van der Waals surface area contributed by atoms with Gasteiger partial charge in [-0.05, 0) is 18.4 Å². The number of hydrogen-bond donors (Lipinski definition) is 2. The van der Waals surface area contributed by atoms with Crippen molar-refractivity contribution in [2.45, 2.75) is 32.6 Å². The molecule has 0 atom stereocenters. The predicted molar refractivity (Wildman–Crippen MR) is 51.7 cm³/mol. The lowest BCUT2D eigenvalue weighted by Gasteiger charge is -2.01. The molecule has 0 unspecified atom stereocenters. The maximum absolute atomic E-state index is 10.7. The van der Waals surface area contributed by atoms with Crippen LogP contribution in [0.15, 0.2) is 11.1 Å². The minimum absolute atomic E-state index is 0.538. The number of nitrogens with one attached hydrogen (secondary N) is 1. The van der Waals surface area contributed by atoms with Gasteiger partial charge in [0.25, 0.3) is 0 Å². The first-order valence-corrected chi connectivity index (χ1v) is 4.90. The fourth-order valence-electron chi connectivity index (χ4n) is 1.62. The van der Waals surface area contributed by atoms with Crippen molar-refractivity contribution < 1.29 is 9.90 Å². The largest absolute Gasteiger partial charge is 0.478 e. The van der Waals surface area contributed by atoms with E-state index in [1.807, 2.05) is 0 Å². The van der Waals surface area contributed by atoms with Crippen molar-refractivity contribution in [3.63, 3.8) is 0 Å². The summed E-state index contributed by atoms with van der Waals surface area (Å²) in [4.78, 5) is 10.7. The number of unbranched alkanes of at least 4 members (excludes halogenated alkanes) is 2. The number of rotatable bonds is 5. The van der Waals surface area contributed by atoms with Crippen LogP contribution in [0, 0.1) is 0 Å². The lowest BCUT2D eigenvalue weighted by molar-refractivity contribution is -0.132. The number of carboxylic acids is 1. The van der Waals surface area contributed by atoms with Crippen LogP contribution in [0.1, 0.15) is 32.6 Å². The van der Waals surface area contributed by atoms with Gasteiger partial charge < -0.3 is 10.4 Å². The van der Waals surface area contributed by atoms with Gasteiger partial charge in [-0.1, -0.05) is 19.8 Å². The summed E-state index contributed by atoms with van der Waals surface area (Å²) in [6, 6.07) is 0. The van der Waals surface area contributed by atoms with E-state index in [0.29, 0.717) is 12.1 Å². The zero-order chi connectivity index (χ0) is 9.68. The highest BCUT2D eigenvalue weighted by Gasteiger charge is 2.18. The number of carboxylic acid groups (broad SMARTS) is 1. The topological polar surface area (TPSA) is 49.3 Å². The third kappa shape index (κ3) is 2.84. The molecule has 0 aromatic carbocycles. The molecule has 1 aliphatic heterocycles. The molecule has 3 heteroatoms. The summed E-state index contributed by atoms with van der Waals surface area (Å²) in [5.41, 5.74) is 1.69. The molecule has 0 saturated carbocycles. The van der Waals surface area contributed by atoms with Gasteiger partial charge in [0.05, 0.1) is 5.57 Å². The van der Waals surface area contributed by atoms with Crippen LogP contribution in [0.25, 0.3) is 0 Å². The molecule has 13 heavy (non-hydrogen) atoms. The third-order valence-corrected chi connectivity index (χ3v) is 2.41. The smallest absolute Gasteiger partial charge is 0.332 e. The molecule has 0 spiro atoms. The monoisotopic (exact) mass is 183 g/mol. The van der Waals surface area contributed by atoms with Crippen LogP contribution in [0.5, 0.6) is 0 Å². The van der Waals surface area contributed by atoms with Crippen molar-refractivity contribution in [1.29, 1.82) is 0 Å². The SMILES string of the molecule is CCCCCC1=C(C(=O)O)CNC1. The predicted octanol–water partition coefficient (Wildman–Crippen LogP) is 1.55. The van der Waals surface area contributed by atoms with Crippen LogP contribution in [0.2, 0.25) is 0 Å². The van der Waals surface area contributed by atoms with Crippen molar-refractivity contribution in [2.75, 3.05) is 13.1 Å². The molecule has 0 aliphatic carbocycles. The Hall–Kier alpha value is -0.830. The first-order chi connectivity index (χ1) is 6.25. The van der Waals surface area contributed by atoms with Gasteiger partial charge in [0, 0.05) is 13.1 Å². The van der Waals surface area contributed by atoms with Crippen LogP contribution in [-0.2, 0) is 4.79 Å². The number of hydrogen-bond acceptors (Lipinski definition) is 2. The Labute approximate surface area is 78.8 Å². The van der Waals surface area contributed by atoms with E-state index >= 15 is 0 Å². The van der Waals surface area contributed by atoms with Gasteiger partial charge in [-0.15, -0.1) is 0 Å². The molecule has 0 aromatic heterocycles. The second-order valence-electron chi connectivity index (χ2n) is 3.45. The second-order valence-corrected chi connectivity index (χ2v) is 3.45. The minimum Gasteiger partial charge on any atom is -0.478 e. The third-order valence-electron chi connectivity index (χ3n) is 2.41. The zero-order valence-electron chi connectivity index (χ0n) is 8.10. The maximum atomic E-state index is 10.7. The van der Waals surface area contributed by atoms with E-state index in [0.717, 1.165) is 25.0 Å². The summed E-state index contributed by atoms with van der Waals surface area (Å²) in [6.45, 7) is 3.46. The van der Waals surface area contributed by atoms with Crippen LogP contribution >= 0.6 is 0 Å².